The summed E-state index contributed by atoms with van der Waals surface area (Å²) >= 11 is 6.07. The number of hydrogen-bond donors (Lipinski definition) is 1. The Labute approximate surface area is 133 Å². The largest absolute Gasteiger partial charge is 0.454 e. The number of amides is 1. The summed E-state index contributed by atoms with van der Waals surface area (Å²) in [6, 6.07) is 5.17. The molecule has 0 aliphatic carbocycles. The Morgan fingerprint density at radius 3 is 3.09 bits per heavy atom. The van der Waals surface area contributed by atoms with E-state index >= 15 is 0 Å². The summed E-state index contributed by atoms with van der Waals surface area (Å²) in [6.45, 7) is 1.09. The maximum Gasteiger partial charge on any atom is 0.261 e. The number of nitrogens with one attached hydrogen (secondary N) is 1. The molecule has 2 rings (SSSR count). The van der Waals surface area contributed by atoms with E-state index in [-0.39, 0.29) is 12.4 Å². The van der Waals surface area contributed by atoms with E-state index in [0.29, 0.717) is 41.7 Å². The number of ether oxygens (including phenoxy) is 3. The van der Waals surface area contributed by atoms with Crippen LogP contribution in [-0.4, -0.2) is 33.0 Å². The van der Waals surface area contributed by atoms with Crippen LogP contribution in [0.5, 0.6) is 11.5 Å². The topological polar surface area (TPSA) is 80.6 Å². The summed E-state index contributed by atoms with van der Waals surface area (Å²) in [5, 5.41) is 12.2. The van der Waals surface area contributed by atoms with Gasteiger partial charge in [-0.05, 0) is 30.2 Å². The van der Waals surface area contributed by atoms with E-state index < -0.39 is 5.91 Å². The van der Waals surface area contributed by atoms with Gasteiger partial charge in [-0.3, -0.25) is 4.79 Å². The lowest BCUT2D eigenvalue weighted by atomic mass is 10.1. The molecule has 1 N–H and O–H groups in total. The fraction of sp³-hybridized carbons (Fsp3) is 0.333. The number of benzene rings is 1. The number of carbonyl (C=O) groups excluding carboxylic acids is 1. The lowest BCUT2D eigenvalue weighted by molar-refractivity contribution is -0.117. The molecule has 0 saturated carbocycles. The third kappa shape index (κ3) is 3.91. The predicted molar refractivity (Wildman–Crippen MR) is 80.7 cm³/mol. The quantitative estimate of drug-likeness (QED) is 0.493. The van der Waals surface area contributed by atoms with Crippen LogP contribution in [-0.2, 0) is 9.53 Å². The van der Waals surface area contributed by atoms with E-state index in [1.54, 1.807) is 19.2 Å². The number of fused-ring (bicyclic) bond motifs is 1. The minimum atomic E-state index is -0.438. The molecule has 0 bridgehead atoms. The lowest BCUT2D eigenvalue weighted by Crippen LogP contribution is -2.26. The smallest absolute Gasteiger partial charge is 0.261 e. The summed E-state index contributed by atoms with van der Waals surface area (Å²) in [5.41, 5.74) is 0.588. The fourth-order valence-corrected chi connectivity index (χ4v) is 2.17. The molecule has 6 nitrogen and oxygen atoms in total. The van der Waals surface area contributed by atoms with Crippen molar-refractivity contribution in [1.82, 2.24) is 5.32 Å². The van der Waals surface area contributed by atoms with Crippen molar-refractivity contribution in [2.75, 3.05) is 27.1 Å². The van der Waals surface area contributed by atoms with Gasteiger partial charge < -0.3 is 19.5 Å². The maximum atomic E-state index is 11.9. The van der Waals surface area contributed by atoms with E-state index in [1.165, 1.54) is 6.08 Å². The van der Waals surface area contributed by atoms with Crippen LogP contribution in [0.4, 0.5) is 0 Å². The molecule has 0 atom stereocenters. The number of nitriles is 1. The second-order valence-corrected chi connectivity index (χ2v) is 4.92. The first-order valence-electron chi connectivity index (χ1n) is 6.63. The molecule has 1 aromatic rings. The first kappa shape index (κ1) is 16.1. The van der Waals surface area contributed by atoms with Gasteiger partial charge in [0.2, 0.25) is 6.79 Å². The minimum absolute atomic E-state index is 0.00708. The van der Waals surface area contributed by atoms with E-state index in [4.69, 9.17) is 31.1 Å². The predicted octanol–water partition coefficient (Wildman–Crippen LogP) is 2.13. The van der Waals surface area contributed by atoms with Crippen molar-refractivity contribution in [3.8, 4) is 17.6 Å². The van der Waals surface area contributed by atoms with Gasteiger partial charge >= 0.3 is 0 Å². The molecule has 0 aromatic heterocycles. The normalized spacial score (nSPS) is 12.9. The highest BCUT2D eigenvalue weighted by Gasteiger charge is 2.18. The van der Waals surface area contributed by atoms with Gasteiger partial charge in [0, 0.05) is 20.3 Å². The molecule has 22 heavy (non-hydrogen) atoms. The molecule has 1 aliphatic heterocycles. The molecule has 0 radical (unpaired) electrons. The number of rotatable bonds is 6. The van der Waals surface area contributed by atoms with Crippen LogP contribution in [0.15, 0.2) is 17.7 Å². The Hall–Kier alpha value is -2.23. The highest BCUT2D eigenvalue weighted by molar-refractivity contribution is 6.32. The van der Waals surface area contributed by atoms with Crippen LogP contribution in [0.3, 0.4) is 0 Å². The lowest BCUT2D eigenvalue weighted by Gasteiger charge is -2.05. The highest BCUT2D eigenvalue weighted by Crippen LogP contribution is 2.40. The van der Waals surface area contributed by atoms with Crippen molar-refractivity contribution in [3.05, 3.63) is 28.3 Å². The molecule has 0 fully saturated rings. The summed E-state index contributed by atoms with van der Waals surface area (Å²) in [5.74, 6) is 0.533. The summed E-state index contributed by atoms with van der Waals surface area (Å²) in [4.78, 5) is 11.9. The van der Waals surface area contributed by atoms with Crippen molar-refractivity contribution < 1.29 is 19.0 Å². The number of nitrogens with zero attached hydrogens (tertiary/aromatic N) is 1. The van der Waals surface area contributed by atoms with Crippen LogP contribution >= 0.6 is 11.6 Å². The number of halogens is 1. The van der Waals surface area contributed by atoms with Crippen LogP contribution in [0, 0.1) is 11.3 Å². The standard InChI is InChI=1S/C15H15ClN2O4/c1-20-4-2-3-18-15(19)11(8-17)5-10-6-12(16)14-13(7-10)21-9-22-14/h5-7H,2-4,9H2,1H3,(H,18,19)/b11-5+. The molecule has 0 saturated heterocycles. The second kappa shape index (κ2) is 7.69. The zero-order chi connectivity index (χ0) is 15.9. The van der Waals surface area contributed by atoms with Crippen LogP contribution in [0.25, 0.3) is 6.08 Å². The Balaban J connectivity index is 2.10. The SMILES string of the molecule is COCCCNC(=O)/C(C#N)=C/c1cc(Cl)c2c(c1)OCO2. The molecular formula is C15H15ClN2O4. The van der Waals surface area contributed by atoms with Crippen molar-refractivity contribution >= 4 is 23.6 Å². The van der Waals surface area contributed by atoms with Crippen molar-refractivity contribution in [2.45, 2.75) is 6.42 Å². The van der Waals surface area contributed by atoms with Crippen molar-refractivity contribution in [3.63, 3.8) is 0 Å². The van der Waals surface area contributed by atoms with Gasteiger partial charge in [0.25, 0.3) is 5.91 Å². The Morgan fingerprint density at radius 1 is 1.55 bits per heavy atom. The van der Waals surface area contributed by atoms with Gasteiger partial charge in [-0.2, -0.15) is 5.26 Å². The Bertz CT molecular complexity index is 637. The molecule has 1 aliphatic rings. The monoisotopic (exact) mass is 322 g/mol. The third-order valence-corrected chi connectivity index (χ3v) is 3.22. The van der Waals surface area contributed by atoms with E-state index in [0.717, 1.165) is 0 Å². The zero-order valence-corrected chi connectivity index (χ0v) is 12.8. The average molecular weight is 323 g/mol. The van der Waals surface area contributed by atoms with Gasteiger partial charge in [-0.15, -0.1) is 0 Å². The maximum absolute atomic E-state index is 11.9. The average Bonchev–Trinajstić information content (AvgIpc) is 2.98. The zero-order valence-electron chi connectivity index (χ0n) is 12.0. The van der Waals surface area contributed by atoms with Gasteiger partial charge in [-0.1, -0.05) is 11.6 Å². The van der Waals surface area contributed by atoms with Crippen LogP contribution < -0.4 is 14.8 Å². The first-order valence-corrected chi connectivity index (χ1v) is 7.01. The Morgan fingerprint density at radius 2 is 2.36 bits per heavy atom. The molecule has 1 heterocycles. The molecule has 0 unspecified atom stereocenters. The third-order valence-electron chi connectivity index (χ3n) is 2.94. The first-order chi connectivity index (χ1) is 10.7. The molecule has 1 aromatic carbocycles. The summed E-state index contributed by atoms with van der Waals surface area (Å²) in [7, 11) is 1.59. The number of methoxy groups -OCH3 is 1. The van der Waals surface area contributed by atoms with Gasteiger partial charge in [-0.25, -0.2) is 0 Å². The van der Waals surface area contributed by atoms with Gasteiger partial charge in [0.05, 0.1) is 5.02 Å². The van der Waals surface area contributed by atoms with E-state index in [2.05, 4.69) is 5.32 Å². The van der Waals surface area contributed by atoms with Crippen molar-refractivity contribution in [2.24, 2.45) is 0 Å². The van der Waals surface area contributed by atoms with E-state index in [9.17, 15) is 4.79 Å². The van der Waals surface area contributed by atoms with Crippen molar-refractivity contribution in [1.29, 1.82) is 5.26 Å². The Kier molecular flexibility index (Phi) is 5.64. The van der Waals surface area contributed by atoms with Crippen LogP contribution in [0.1, 0.15) is 12.0 Å². The minimum Gasteiger partial charge on any atom is -0.454 e. The van der Waals surface area contributed by atoms with Gasteiger partial charge in [0.15, 0.2) is 11.5 Å². The molecule has 7 heteroatoms. The number of carbonyl (C=O) groups is 1. The highest BCUT2D eigenvalue weighted by atomic mass is 35.5. The summed E-state index contributed by atoms with van der Waals surface area (Å²) in [6.07, 6.45) is 2.14. The number of hydrogen-bond acceptors (Lipinski definition) is 5. The fourth-order valence-electron chi connectivity index (χ4n) is 1.90. The molecule has 0 spiro atoms. The summed E-state index contributed by atoms with van der Waals surface area (Å²) < 4.78 is 15.4. The molecule has 1 amide bonds. The van der Waals surface area contributed by atoms with E-state index in [1.807, 2.05) is 6.07 Å². The second-order valence-electron chi connectivity index (χ2n) is 4.51. The van der Waals surface area contributed by atoms with Crippen LogP contribution in [0.2, 0.25) is 5.02 Å². The van der Waals surface area contributed by atoms with Gasteiger partial charge in [0.1, 0.15) is 11.6 Å². The molecular weight excluding hydrogens is 308 g/mol. The molecule has 116 valence electrons.